The third-order valence-corrected chi connectivity index (χ3v) is 1.99. The second-order valence-electron chi connectivity index (χ2n) is 3.11. The highest BCUT2D eigenvalue weighted by Crippen LogP contribution is 2.11. The summed E-state index contributed by atoms with van der Waals surface area (Å²) in [6, 6.07) is 8.54. The van der Waals surface area contributed by atoms with Gasteiger partial charge in [-0.3, -0.25) is 4.79 Å². The molecule has 5 heteroatoms. The lowest BCUT2D eigenvalue weighted by Crippen LogP contribution is -2.14. The summed E-state index contributed by atoms with van der Waals surface area (Å²) in [5.41, 5.74) is -0.125. The Morgan fingerprint density at radius 3 is 2.53 bits per heavy atom. The third kappa shape index (κ3) is 2.52. The van der Waals surface area contributed by atoms with Crippen LogP contribution in [-0.2, 0) is 0 Å². The number of hydrogen-bond acceptors (Lipinski definition) is 5. The molecule has 0 saturated carbocycles. The Labute approximate surface area is 97.1 Å². The molecule has 0 spiro atoms. The van der Waals surface area contributed by atoms with Crippen LogP contribution in [0.5, 0.6) is 5.75 Å². The van der Waals surface area contributed by atoms with Gasteiger partial charge >= 0.3 is 5.97 Å². The SMILES string of the molecule is O=Cc1nccnc1C(=O)Oc1ccccc1. The van der Waals surface area contributed by atoms with E-state index in [1.807, 2.05) is 0 Å². The van der Waals surface area contributed by atoms with Gasteiger partial charge < -0.3 is 4.74 Å². The first-order valence-corrected chi connectivity index (χ1v) is 4.84. The van der Waals surface area contributed by atoms with E-state index in [9.17, 15) is 9.59 Å². The lowest BCUT2D eigenvalue weighted by Gasteiger charge is -2.03. The molecule has 1 aromatic carbocycles. The number of hydrogen-bond donors (Lipinski definition) is 0. The summed E-state index contributed by atoms with van der Waals surface area (Å²) in [6.45, 7) is 0. The van der Waals surface area contributed by atoms with Crippen molar-refractivity contribution < 1.29 is 14.3 Å². The van der Waals surface area contributed by atoms with Gasteiger partial charge in [0.05, 0.1) is 0 Å². The molecular weight excluding hydrogens is 220 g/mol. The van der Waals surface area contributed by atoms with Gasteiger partial charge in [0.15, 0.2) is 12.0 Å². The first kappa shape index (κ1) is 10.9. The first-order chi connectivity index (χ1) is 8.31. The second kappa shape index (κ2) is 4.98. The van der Waals surface area contributed by atoms with Crippen LogP contribution in [0.1, 0.15) is 21.0 Å². The molecule has 1 heterocycles. The van der Waals surface area contributed by atoms with Gasteiger partial charge in [-0.25, -0.2) is 14.8 Å². The number of esters is 1. The molecule has 0 aliphatic heterocycles. The van der Waals surface area contributed by atoms with E-state index in [1.54, 1.807) is 30.3 Å². The molecule has 0 aliphatic carbocycles. The molecule has 0 bridgehead atoms. The van der Waals surface area contributed by atoms with E-state index in [-0.39, 0.29) is 11.4 Å². The molecule has 17 heavy (non-hydrogen) atoms. The summed E-state index contributed by atoms with van der Waals surface area (Å²) < 4.78 is 5.04. The van der Waals surface area contributed by atoms with Crippen LogP contribution in [-0.4, -0.2) is 22.2 Å². The van der Waals surface area contributed by atoms with E-state index < -0.39 is 5.97 Å². The minimum Gasteiger partial charge on any atom is -0.422 e. The molecule has 2 rings (SSSR count). The topological polar surface area (TPSA) is 69.2 Å². The van der Waals surface area contributed by atoms with Gasteiger partial charge in [-0.05, 0) is 12.1 Å². The number of rotatable bonds is 3. The van der Waals surface area contributed by atoms with E-state index >= 15 is 0 Å². The Kier molecular flexibility index (Phi) is 3.20. The van der Waals surface area contributed by atoms with Gasteiger partial charge in [0.1, 0.15) is 11.4 Å². The van der Waals surface area contributed by atoms with Crippen molar-refractivity contribution in [2.75, 3.05) is 0 Å². The van der Waals surface area contributed by atoms with Crippen molar-refractivity contribution in [2.45, 2.75) is 0 Å². The van der Waals surface area contributed by atoms with Crippen molar-refractivity contribution in [1.82, 2.24) is 9.97 Å². The van der Waals surface area contributed by atoms with Crippen LogP contribution in [0, 0.1) is 0 Å². The van der Waals surface area contributed by atoms with E-state index in [1.165, 1.54) is 12.4 Å². The summed E-state index contributed by atoms with van der Waals surface area (Å²) in [5.74, 6) is -0.314. The lowest BCUT2D eigenvalue weighted by molar-refractivity contribution is 0.0724. The minimum atomic E-state index is -0.702. The van der Waals surface area contributed by atoms with Crippen molar-refractivity contribution in [1.29, 1.82) is 0 Å². The van der Waals surface area contributed by atoms with Crippen LogP contribution in [0.15, 0.2) is 42.7 Å². The number of aldehydes is 1. The van der Waals surface area contributed by atoms with E-state index in [2.05, 4.69) is 9.97 Å². The molecule has 0 saturated heterocycles. The zero-order chi connectivity index (χ0) is 12.1. The fourth-order valence-electron chi connectivity index (χ4n) is 1.24. The van der Waals surface area contributed by atoms with E-state index in [0.29, 0.717) is 12.0 Å². The number of aromatic nitrogens is 2. The smallest absolute Gasteiger partial charge is 0.364 e. The van der Waals surface area contributed by atoms with E-state index in [4.69, 9.17) is 4.74 Å². The van der Waals surface area contributed by atoms with Crippen LogP contribution >= 0.6 is 0 Å². The quantitative estimate of drug-likeness (QED) is 0.452. The molecule has 0 unspecified atom stereocenters. The number of nitrogens with zero attached hydrogens (tertiary/aromatic N) is 2. The Balaban J connectivity index is 2.23. The average molecular weight is 228 g/mol. The van der Waals surface area contributed by atoms with Gasteiger partial charge in [-0.1, -0.05) is 18.2 Å². The zero-order valence-corrected chi connectivity index (χ0v) is 8.74. The molecule has 0 radical (unpaired) electrons. The molecule has 2 aromatic rings. The number of benzene rings is 1. The standard InChI is InChI=1S/C12H8N2O3/c15-8-10-11(14-7-6-13-10)12(16)17-9-4-2-1-3-5-9/h1-8H. The second-order valence-corrected chi connectivity index (χ2v) is 3.11. The molecule has 0 aliphatic rings. The molecule has 84 valence electrons. The van der Waals surface area contributed by atoms with Crippen LogP contribution in [0.3, 0.4) is 0 Å². The molecule has 1 aromatic heterocycles. The molecular formula is C12H8N2O3. The van der Waals surface area contributed by atoms with Gasteiger partial charge in [0.2, 0.25) is 0 Å². The largest absolute Gasteiger partial charge is 0.422 e. The zero-order valence-electron chi connectivity index (χ0n) is 8.74. The lowest BCUT2D eigenvalue weighted by atomic mass is 10.3. The van der Waals surface area contributed by atoms with Crippen molar-refractivity contribution in [3.8, 4) is 5.75 Å². The predicted octanol–water partition coefficient (Wildman–Crippen LogP) is 1.51. The molecule has 0 atom stereocenters. The predicted molar refractivity (Wildman–Crippen MR) is 58.8 cm³/mol. The number of carbonyl (C=O) groups is 2. The number of ether oxygens (including phenoxy) is 1. The average Bonchev–Trinajstić information content (AvgIpc) is 2.40. The fraction of sp³-hybridized carbons (Fsp3) is 0. The van der Waals surface area contributed by atoms with Crippen molar-refractivity contribution in [3.63, 3.8) is 0 Å². The Morgan fingerprint density at radius 2 is 1.82 bits per heavy atom. The molecule has 0 N–H and O–H groups in total. The monoisotopic (exact) mass is 228 g/mol. The molecule has 5 nitrogen and oxygen atoms in total. The van der Waals surface area contributed by atoms with Crippen LogP contribution in [0.4, 0.5) is 0 Å². The highest BCUT2D eigenvalue weighted by atomic mass is 16.5. The summed E-state index contributed by atoms with van der Waals surface area (Å²) in [6.07, 6.45) is 3.13. The molecule has 0 amide bonds. The normalized spacial score (nSPS) is 9.65. The highest BCUT2D eigenvalue weighted by molar-refractivity contribution is 5.96. The van der Waals surface area contributed by atoms with Crippen molar-refractivity contribution in [3.05, 3.63) is 54.1 Å². The maximum absolute atomic E-state index is 11.7. The van der Waals surface area contributed by atoms with Gasteiger partial charge in [0.25, 0.3) is 0 Å². The van der Waals surface area contributed by atoms with Gasteiger partial charge in [0, 0.05) is 12.4 Å². The highest BCUT2D eigenvalue weighted by Gasteiger charge is 2.15. The van der Waals surface area contributed by atoms with Crippen LogP contribution < -0.4 is 4.74 Å². The van der Waals surface area contributed by atoms with Crippen LogP contribution in [0.25, 0.3) is 0 Å². The van der Waals surface area contributed by atoms with Gasteiger partial charge in [-0.2, -0.15) is 0 Å². The third-order valence-electron chi connectivity index (χ3n) is 1.99. The Bertz CT molecular complexity index is 540. The maximum atomic E-state index is 11.7. The summed E-state index contributed by atoms with van der Waals surface area (Å²) in [7, 11) is 0. The van der Waals surface area contributed by atoms with Crippen LogP contribution in [0.2, 0.25) is 0 Å². The first-order valence-electron chi connectivity index (χ1n) is 4.84. The Morgan fingerprint density at radius 1 is 1.12 bits per heavy atom. The molecule has 0 fully saturated rings. The Hall–Kier alpha value is -2.56. The van der Waals surface area contributed by atoms with Crippen molar-refractivity contribution >= 4 is 12.3 Å². The van der Waals surface area contributed by atoms with Crippen molar-refractivity contribution in [2.24, 2.45) is 0 Å². The summed E-state index contributed by atoms with van der Waals surface area (Å²) in [5, 5.41) is 0. The summed E-state index contributed by atoms with van der Waals surface area (Å²) >= 11 is 0. The summed E-state index contributed by atoms with van der Waals surface area (Å²) in [4.78, 5) is 29.9. The van der Waals surface area contributed by atoms with Gasteiger partial charge in [-0.15, -0.1) is 0 Å². The maximum Gasteiger partial charge on any atom is 0.364 e. The minimum absolute atomic E-state index is 0.0339. The fourth-order valence-corrected chi connectivity index (χ4v) is 1.24. The number of para-hydroxylation sites is 1. The number of carbonyl (C=O) groups excluding carboxylic acids is 2. The van der Waals surface area contributed by atoms with E-state index in [0.717, 1.165) is 0 Å².